The number of benzene rings is 1. The molecule has 126 valence electrons. The van der Waals surface area contributed by atoms with Gasteiger partial charge in [-0.3, -0.25) is 4.98 Å². The summed E-state index contributed by atoms with van der Waals surface area (Å²) in [6, 6.07) is 7.39. The van der Waals surface area contributed by atoms with Gasteiger partial charge >= 0.3 is 6.18 Å². The van der Waals surface area contributed by atoms with Crippen LogP contribution in [-0.2, 0) is 16.2 Å². The topological polar surface area (TPSA) is 52.0 Å². The largest absolute Gasteiger partial charge is 0.434 e. The Morgan fingerprint density at radius 1 is 1.04 bits per heavy atom. The molecule has 0 amide bonds. The van der Waals surface area contributed by atoms with E-state index in [2.05, 4.69) is 4.98 Å². The van der Waals surface area contributed by atoms with Crippen molar-refractivity contribution in [2.75, 3.05) is 0 Å². The van der Waals surface area contributed by atoms with Crippen molar-refractivity contribution in [2.24, 2.45) is 0 Å². The first-order valence-electron chi connectivity index (χ1n) is 6.98. The number of hydrogen-bond donors (Lipinski definition) is 0. The van der Waals surface area contributed by atoms with Gasteiger partial charge in [0.2, 0.25) is 0 Å². The van der Waals surface area contributed by atoms with Gasteiger partial charge in [-0.1, -0.05) is 17.7 Å². The van der Waals surface area contributed by atoms with Crippen molar-refractivity contribution in [3.8, 4) is 0 Å². The molecule has 0 spiro atoms. The van der Waals surface area contributed by atoms with Crippen LogP contribution in [-0.4, -0.2) is 17.4 Å². The Labute approximate surface area is 136 Å². The minimum atomic E-state index is -4.66. The minimum absolute atomic E-state index is 0.00960. The van der Waals surface area contributed by atoms with Gasteiger partial charge in [0, 0.05) is 17.8 Å². The second kappa shape index (κ2) is 5.34. The maximum atomic E-state index is 13.1. The van der Waals surface area contributed by atoms with Crippen molar-refractivity contribution in [1.82, 2.24) is 8.96 Å². The highest BCUT2D eigenvalue weighted by atomic mass is 32.2. The third-order valence-corrected chi connectivity index (χ3v) is 5.41. The number of pyridine rings is 1. The second-order valence-electron chi connectivity index (χ2n) is 5.48. The molecule has 2 aromatic heterocycles. The summed E-state index contributed by atoms with van der Waals surface area (Å²) in [5, 5.41) is -0.208. The first-order valence-corrected chi connectivity index (χ1v) is 8.42. The molecule has 3 rings (SSSR count). The molecule has 0 fully saturated rings. The average Bonchev–Trinajstić information content (AvgIpc) is 2.85. The molecule has 0 bridgehead atoms. The number of aryl methyl sites for hydroxylation is 2. The maximum Gasteiger partial charge on any atom is 0.434 e. The highest BCUT2D eigenvalue weighted by Gasteiger charge is 2.36. The number of nitrogens with zero attached hydrogens (tertiary/aromatic N) is 2. The molecule has 0 aliphatic carbocycles. The number of fused-ring (bicyclic) bond motifs is 1. The van der Waals surface area contributed by atoms with Crippen molar-refractivity contribution in [3.63, 3.8) is 0 Å². The van der Waals surface area contributed by atoms with Crippen LogP contribution in [0.4, 0.5) is 13.2 Å². The van der Waals surface area contributed by atoms with Crippen molar-refractivity contribution >= 4 is 20.9 Å². The Bertz CT molecular complexity index is 1020. The molecular formula is C16H13F3N2O2S. The molecule has 0 saturated carbocycles. The quantitative estimate of drug-likeness (QED) is 0.701. The van der Waals surface area contributed by atoms with Gasteiger partial charge in [0.25, 0.3) is 10.0 Å². The van der Waals surface area contributed by atoms with E-state index in [1.807, 2.05) is 6.92 Å². The molecule has 3 aromatic rings. The third kappa shape index (κ3) is 2.56. The fourth-order valence-electron chi connectivity index (χ4n) is 2.57. The van der Waals surface area contributed by atoms with Crippen molar-refractivity contribution in [3.05, 3.63) is 59.5 Å². The standard InChI is InChI=1S/C16H13F3N2O2S/c1-10-3-5-12(6-4-10)24(22,23)21-9-11(2)14-13(21)7-8-20-15(14)16(17,18)19/h3-9H,1-2H3. The second-order valence-corrected chi connectivity index (χ2v) is 7.29. The van der Waals surface area contributed by atoms with Crippen LogP contribution < -0.4 is 0 Å². The van der Waals surface area contributed by atoms with Gasteiger partial charge in [-0.25, -0.2) is 12.4 Å². The average molecular weight is 354 g/mol. The minimum Gasteiger partial charge on any atom is -0.251 e. The number of halogens is 3. The molecule has 24 heavy (non-hydrogen) atoms. The smallest absolute Gasteiger partial charge is 0.251 e. The summed E-state index contributed by atoms with van der Waals surface area (Å²) in [6.07, 6.45) is -2.51. The molecule has 0 saturated heterocycles. The predicted octanol–water partition coefficient (Wildman–Crippen LogP) is 3.91. The highest BCUT2D eigenvalue weighted by molar-refractivity contribution is 7.90. The van der Waals surface area contributed by atoms with Crippen LogP contribution in [0.1, 0.15) is 16.8 Å². The molecule has 8 heteroatoms. The zero-order chi connectivity index (χ0) is 17.7. The summed E-state index contributed by atoms with van der Waals surface area (Å²) >= 11 is 0. The maximum absolute atomic E-state index is 13.1. The summed E-state index contributed by atoms with van der Waals surface area (Å²) in [7, 11) is -4.00. The Balaban J connectivity index is 2.30. The molecular weight excluding hydrogens is 341 g/mol. The van der Waals surface area contributed by atoms with E-state index in [1.165, 1.54) is 31.3 Å². The van der Waals surface area contributed by atoms with Gasteiger partial charge in [-0.2, -0.15) is 13.2 Å². The number of alkyl halides is 3. The summed E-state index contributed by atoms with van der Waals surface area (Å²) in [5.41, 5.74) is -0.0575. The molecule has 1 aromatic carbocycles. The lowest BCUT2D eigenvalue weighted by molar-refractivity contribution is -0.139. The van der Waals surface area contributed by atoms with E-state index in [0.717, 1.165) is 15.7 Å². The summed E-state index contributed by atoms with van der Waals surface area (Å²) in [4.78, 5) is 3.40. The number of aromatic nitrogens is 2. The summed E-state index contributed by atoms with van der Waals surface area (Å²) < 4.78 is 65.9. The van der Waals surface area contributed by atoms with Gasteiger partial charge in [0.15, 0.2) is 5.69 Å². The van der Waals surface area contributed by atoms with E-state index in [9.17, 15) is 21.6 Å². The number of rotatable bonds is 2. The van der Waals surface area contributed by atoms with E-state index >= 15 is 0 Å². The molecule has 0 atom stereocenters. The van der Waals surface area contributed by atoms with Crippen LogP contribution in [0.3, 0.4) is 0 Å². The molecule has 0 N–H and O–H groups in total. The highest BCUT2D eigenvalue weighted by Crippen LogP contribution is 2.36. The lowest BCUT2D eigenvalue weighted by Crippen LogP contribution is -2.13. The normalized spacial score (nSPS) is 12.7. The van der Waals surface area contributed by atoms with Crippen LogP contribution in [0.25, 0.3) is 10.9 Å². The van der Waals surface area contributed by atoms with Gasteiger partial charge in [0.05, 0.1) is 10.4 Å². The molecule has 0 aliphatic heterocycles. The Morgan fingerprint density at radius 2 is 1.67 bits per heavy atom. The van der Waals surface area contributed by atoms with Gasteiger partial charge < -0.3 is 0 Å². The molecule has 4 nitrogen and oxygen atoms in total. The number of hydrogen-bond acceptors (Lipinski definition) is 3. The van der Waals surface area contributed by atoms with Crippen LogP contribution in [0.2, 0.25) is 0 Å². The fraction of sp³-hybridized carbons (Fsp3) is 0.188. The molecule has 0 aliphatic rings. The van der Waals surface area contributed by atoms with Crippen LogP contribution in [0.15, 0.2) is 47.6 Å². The van der Waals surface area contributed by atoms with Crippen LogP contribution >= 0.6 is 0 Å². The lowest BCUT2D eigenvalue weighted by Gasteiger charge is -2.10. The van der Waals surface area contributed by atoms with Gasteiger partial charge in [0.1, 0.15) is 0 Å². The van der Waals surface area contributed by atoms with E-state index < -0.39 is 21.9 Å². The third-order valence-electron chi connectivity index (χ3n) is 3.72. The Kier molecular flexibility index (Phi) is 3.67. The predicted molar refractivity (Wildman–Crippen MR) is 83.2 cm³/mol. The zero-order valence-electron chi connectivity index (χ0n) is 12.8. The van der Waals surface area contributed by atoms with E-state index in [4.69, 9.17) is 0 Å². The SMILES string of the molecule is Cc1ccc(S(=O)(=O)n2cc(C)c3c(C(F)(F)F)nccc32)cc1. The monoisotopic (exact) mass is 354 g/mol. The van der Waals surface area contributed by atoms with Crippen molar-refractivity contribution in [1.29, 1.82) is 0 Å². The van der Waals surface area contributed by atoms with E-state index in [-0.39, 0.29) is 21.4 Å². The Hall–Kier alpha value is -2.35. The fourth-order valence-corrected chi connectivity index (χ4v) is 3.99. The van der Waals surface area contributed by atoms with Crippen LogP contribution in [0.5, 0.6) is 0 Å². The molecule has 0 radical (unpaired) electrons. The van der Waals surface area contributed by atoms with E-state index in [1.54, 1.807) is 12.1 Å². The van der Waals surface area contributed by atoms with Gasteiger partial charge in [-0.15, -0.1) is 0 Å². The summed E-state index contributed by atoms with van der Waals surface area (Å²) in [6.45, 7) is 3.24. The van der Waals surface area contributed by atoms with Crippen LogP contribution in [0, 0.1) is 13.8 Å². The molecule has 0 unspecified atom stereocenters. The van der Waals surface area contributed by atoms with Gasteiger partial charge in [-0.05, 0) is 37.6 Å². The first-order chi connectivity index (χ1) is 11.1. The zero-order valence-corrected chi connectivity index (χ0v) is 13.6. The van der Waals surface area contributed by atoms with Crippen molar-refractivity contribution in [2.45, 2.75) is 24.9 Å². The lowest BCUT2D eigenvalue weighted by atomic mass is 10.1. The Morgan fingerprint density at radius 3 is 2.25 bits per heavy atom. The molecule has 2 heterocycles. The first kappa shape index (κ1) is 16.5. The van der Waals surface area contributed by atoms with Crippen molar-refractivity contribution < 1.29 is 21.6 Å². The van der Waals surface area contributed by atoms with E-state index in [0.29, 0.717) is 0 Å². The summed E-state index contributed by atoms with van der Waals surface area (Å²) in [5.74, 6) is 0.